The van der Waals surface area contributed by atoms with Crippen molar-refractivity contribution in [2.45, 2.75) is 39.0 Å². The zero-order valence-corrected chi connectivity index (χ0v) is 20.2. The maximum absolute atomic E-state index is 11.8. The third-order valence-corrected chi connectivity index (χ3v) is 5.01. The van der Waals surface area contributed by atoms with Gasteiger partial charge in [-0.05, 0) is 34.9 Å². The summed E-state index contributed by atoms with van der Waals surface area (Å²) in [6.45, 7) is 8.40. The molecule has 3 rings (SSSR count). The number of ether oxygens (including phenoxy) is 1. The van der Waals surface area contributed by atoms with Crippen LogP contribution in [-0.4, -0.2) is 93.9 Å². The average molecular weight is 473 g/mol. The Bertz CT molecular complexity index is 976. The first kappa shape index (κ1) is 25.1. The molecule has 12 heteroatoms. The number of hydrogen-bond donors (Lipinski definition) is 2. The van der Waals surface area contributed by atoms with Gasteiger partial charge in [0.15, 0.2) is 0 Å². The van der Waals surface area contributed by atoms with Crippen LogP contribution in [0.25, 0.3) is 0 Å². The second kappa shape index (κ2) is 10.6. The van der Waals surface area contributed by atoms with E-state index in [9.17, 15) is 9.59 Å². The lowest BCUT2D eigenvalue weighted by Gasteiger charge is -2.42. The molecule has 0 radical (unpaired) electrons. The number of carbonyl (C=O) groups excluding carboxylic acids is 1. The summed E-state index contributed by atoms with van der Waals surface area (Å²) in [4.78, 5) is 46.7. The molecule has 2 aromatic rings. The van der Waals surface area contributed by atoms with Crippen LogP contribution in [0.2, 0.25) is 0 Å². The first-order chi connectivity index (χ1) is 16.0. The van der Waals surface area contributed by atoms with E-state index in [-0.39, 0.29) is 18.2 Å². The highest BCUT2D eigenvalue weighted by atomic mass is 16.6. The van der Waals surface area contributed by atoms with E-state index in [1.54, 1.807) is 12.4 Å². The zero-order chi connectivity index (χ0) is 24.9. The summed E-state index contributed by atoms with van der Waals surface area (Å²) in [7, 11) is 3.99. The van der Waals surface area contributed by atoms with Crippen LogP contribution in [-0.2, 0) is 11.3 Å². The number of piperazine rings is 1. The van der Waals surface area contributed by atoms with E-state index >= 15 is 0 Å². The molecule has 0 aromatic carbocycles. The monoisotopic (exact) mass is 472 g/mol. The van der Waals surface area contributed by atoms with Crippen molar-refractivity contribution in [3.8, 4) is 0 Å². The van der Waals surface area contributed by atoms with Gasteiger partial charge in [0.05, 0.1) is 11.6 Å². The van der Waals surface area contributed by atoms with E-state index in [1.807, 2.05) is 34.9 Å². The number of aromatic nitrogens is 4. The Morgan fingerprint density at radius 2 is 1.71 bits per heavy atom. The Kier molecular flexibility index (Phi) is 7.82. The molecule has 0 spiro atoms. The number of nitrogens with zero attached hydrogens (tertiary/aromatic N) is 7. The third kappa shape index (κ3) is 6.98. The van der Waals surface area contributed by atoms with Crippen LogP contribution in [0.15, 0.2) is 24.8 Å². The fraction of sp³-hybridized carbons (Fsp3) is 0.545. The van der Waals surface area contributed by atoms with E-state index < -0.39 is 17.7 Å². The van der Waals surface area contributed by atoms with Crippen molar-refractivity contribution in [3.63, 3.8) is 0 Å². The van der Waals surface area contributed by atoms with Gasteiger partial charge in [-0.25, -0.2) is 29.5 Å². The molecule has 1 aliphatic rings. The number of likely N-dealkylation sites (N-methyl/N-ethyl adjacent to an activating group) is 1. The van der Waals surface area contributed by atoms with E-state index in [0.29, 0.717) is 31.5 Å². The number of hydrogen-bond acceptors (Lipinski definition) is 10. The van der Waals surface area contributed by atoms with Gasteiger partial charge in [0, 0.05) is 63.1 Å². The Labute approximate surface area is 199 Å². The fourth-order valence-corrected chi connectivity index (χ4v) is 3.55. The predicted molar refractivity (Wildman–Crippen MR) is 126 cm³/mol. The van der Waals surface area contributed by atoms with Gasteiger partial charge in [-0.2, -0.15) is 0 Å². The molecule has 0 aliphatic carbocycles. The van der Waals surface area contributed by atoms with Gasteiger partial charge in [-0.3, -0.25) is 0 Å². The van der Waals surface area contributed by atoms with Crippen molar-refractivity contribution in [3.05, 3.63) is 35.9 Å². The van der Waals surface area contributed by atoms with Crippen molar-refractivity contribution in [1.82, 2.24) is 30.2 Å². The van der Waals surface area contributed by atoms with Gasteiger partial charge in [0.2, 0.25) is 11.9 Å². The number of alkyl carbamates (subject to hydrolysis) is 1. The van der Waals surface area contributed by atoms with Crippen molar-refractivity contribution in [2.24, 2.45) is 0 Å². The van der Waals surface area contributed by atoms with Gasteiger partial charge >= 0.3 is 12.1 Å². The smallest absolute Gasteiger partial charge is 0.407 e. The molecule has 3 heterocycles. The summed E-state index contributed by atoms with van der Waals surface area (Å²) in [5.41, 5.74) is 0.269. The van der Waals surface area contributed by atoms with E-state index in [0.717, 1.165) is 12.1 Å². The van der Waals surface area contributed by atoms with E-state index in [4.69, 9.17) is 9.84 Å². The Hall–Kier alpha value is -3.54. The highest BCUT2D eigenvalue weighted by Gasteiger charge is 2.30. The maximum atomic E-state index is 11.8. The summed E-state index contributed by atoms with van der Waals surface area (Å²) in [5, 5.41) is 11.8. The fourth-order valence-electron chi connectivity index (χ4n) is 3.55. The minimum Gasteiger partial charge on any atom is -0.478 e. The molecule has 2 N–H and O–H groups in total. The van der Waals surface area contributed by atoms with Crippen LogP contribution in [0.5, 0.6) is 0 Å². The Morgan fingerprint density at radius 3 is 2.26 bits per heavy atom. The number of nitrogens with one attached hydrogen (secondary N) is 1. The van der Waals surface area contributed by atoms with Crippen LogP contribution in [0.4, 0.5) is 16.7 Å². The standard InChI is InChI=1S/C22H32N8O4/c1-22(2,3)34-21(33)27-10-15-8-23-19(24-9-15)29-6-7-30(17(14-29)13-28(4)5)20-25-11-16(12-26-20)18(31)32/h8-9,11-12,17H,6-7,10,13-14H2,1-5H3,(H,27,33)(H,31,32). The number of carboxylic acids is 1. The van der Waals surface area contributed by atoms with Gasteiger partial charge < -0.3 is 29.9 Å². The summed E-state index contributed by atoms with van der Waals surface area (Å²) < 4.78 is 5.24. The molecule has 34 heavy (non-hydrogen) atoms. The predicted octanol–water partition coefficient (Wildman–Crippen LogP) is 1.25. The molecular weight excluding hydrogens is 440 g/mol. The third-order valence-electron chi connectivity index (χ3n) is 5.01. The summed E-state index contributed by atoms with van der Waals surface area (Å²) in [5.74, 6) is 0.0515. The number of anilines is 2. The number of amides is 1. The van der Waals surface area contributed by atoms with Crippen molar-refractivity contribution < 1.29 is 19.4 Å². The molecule has 1 fully saturated rings. The highest BCUT2D eigenvalue weighted by molar-refractivity contribution is 5.86. The molecule has 0 saturated carbocycles. The number of rotatable bonds is 7. The number of carbonyl (C=O) groups is 2. The molecule has 1 amide bonds. The normalized spacial score (nSPS) is 16.5. The van der Waals surface area contributed by atoms with E-state index in [1.165, 1.54) is 12.4 Å². The lowest BCUT2D eigenvalue weighted by Crippen LogP contribution is -2.57. The quantitative estimate of drug-likeness (QED) is 0.602. The second-order valence-electron chi connectivity index (χ2n) is 9.38. The Balaban J connectivity index is 1.64. The second-order valence-corrected chi connectivity index (χ2v) is 9.38. The van der Waals surface area contributed by atoms with Gasteiger partial charge in [-0.15, -0.1) is 0 Å². The van der Waals surface area contributed by atoms with Crippen molar-refractivity contribution >= 4 is 24.0 Å². The zero-order valence-electron chi connectivity index (χ0n) is 20.2. The van der Waals surface area contributed by atoms with Gasteiger partial charge in [0.25, 0.3) is 0 Å². The molecule has 0 bridgehead atoms. The van der Waals surface area contributed by atoms with Crippen LogP contribution in [0, 0.1) is 0 Å². The highest BCUT2D eigenvalue weighted by Crippen LogP contribution is 2.20. The maximum Gasteiger partial charge on any atom is 0.407 e. The summed E-state index contributed by atoms with van der Waals surface area (Å²) >= 11 is 0. The van der Waals surface area contributed by atoms with Crippen LogP contribution >= 0.6 is 0 Å². The molecular formula is C22H32N8O4. The molecule has 1 saturated heterocycles. The minimum atomic E-state index is -1.05. The summed E-state index contributed by atoms with van der Waals surface area (Å²) in [6.07, 6.45) is 5.56. The van der Waals surface area contributed by atoms with Gasteiger partial charge in [-0.1, -0.05) is 0 Å². The molecule has 1 unspecified atom stereocenters. The minimum absolute atomic E-state index is 0.0524. The van der Waals surface area contributed by atoms with Crippen molar-refractivity contribution in [2.75, 3.05) is 50.1 Å². The molecule has 12 nitrogen and oxygen atoms in total. The SMILES string of the molecule is CN(C)CC1CN(c2ncc(CNC(=O)OC(C)(C)C)cn2)CCN1c1ncc(C(=O)O)cn1. The number of aromatic carboxylic acids is 1. The van der Waals surface area contributed by atoms with Crippen LogP contribution in [0.1, 0.15) is 36.7 Å². The molecule has 2 aromatic heterocycles. The number of carboxylic acid groups (broad SMARTS) is 1. The largest absolute Gasteiger partial charge is 0.478 e. The van der Waals surface area contributed by atoms with Crippen LogP contribution in [0.3, 0.4) is 0 Å². The average Bonchev–Trinajstić information content (AvgIpc) is 2.76. The van der Waals surface area contributed by atoms with Gasteiger partial charge in [0.1, 0.15) is 5.60 Å². The lowest BCUT2D eigenvalue weighted by molar-refractivity contribution is 0.0523. The molecule has 184 valence electrons. The van der Waals surface area contributed by atoms with E-state index in [2.05, 4.69) is 40.0 Å². The summed E-state index contributed by atoms with van der Waals surface area (Å²) in [6, 6.07) is 0.0524. The first-order valence-corrected chi connectivity index (χ1v) is 11.0. The molecule has 1 aliphatic heterocycles. The Morgan fingerprint density at radius 1 is 1.09 bits per heavy atom. The molecule has 1 atom stereocenters. The van der Waals surface area contributed by atoms with Crippen molar-refractivity contribution in [1.29, 1.82) is 0 Å². The first-order valence-electron chi connectivity index (χ1n) is 11.0. The van der Waals surface area contributed by atoms with Crippen LogP contribution < -0.4 is 15.1 Å². The topological polar surface area (TPSA) is 137 Å². The lowest BCUT2D eigenvalue weighted by atomic mass is 10.1.